The largest absolute Gasteiger partial charge is 0.454 e. The summed E-state index contributed by atoms with van der Waals surface area (Å²) in [5.74, 6) is 0.977. The van der Waals surface area contributed by atoms with E-state index in [1.807, 2.05) is 0 Å². The molecule has 0 saturated heterocycles. The van der Waals surface area contributed by atoms with Gasteiger partial charge in [0.2, 0.25) is 6.79 Å². The number of fused-ring (bicyclic) bond motifs is 1. The third-order valence-corrected chi connectivity index (χ3v) is 2.31. The first-order chi connectivity index (χ1) is 7.72. The Hall–Kier alpha value is -2.04. The third-order valence-electron chi connectivity index (χ3n) is 2.31. The summed E-state index contributed by atoms with van der Waals surface area (Å²) in [4.78, 5) is 23.4. The molecule has 0 aromatic heterocycles. The number of rotatable bonds is 3. The summed E-state index contributed by atoms with van der Waals surface area (Å²) >= 11 is 0. The lowest BCUT2D eigenvalue weighted by molar-refractivity contribution is -0.108. The third kappa shape index (κ3) is 1.84. The molecule has 1 aromatic rings. The normalized spacial score (nSPS) is 12.3. The molecule has 0 radical (unpaired) electrons. The van der Waals surface area contributed by atoms with Crippen LogP contribution in [0.1, 0.15) is 10.4 Å². The highest BCUT2D eigenvalue weighted by molar-refractivity contribution is 5.95. The molecule has 16 heavy (non-hydrogen) atoms. The monoisotopic (exact) mass is 221 g/mol. The maximum atomic E-state index is 11.8. The summed E-state index contributed by atoms with van der Waals surface area (Å²) in [6.07, 6.45) is 0.685. The van der Waals surface area contributed by atoms with Gasteiger partial charge in [-0.25, -0.2) is 0 Å². The van der Waals surface area contributed by atoms with E-state index in [-0.39, 0.29) is 19.2 Å². The number of hydrogen-bond donors (Lipinski definition) is 0. The molecular formula is C11H11NO4. The van der Waals surface area contributed by atoms with E-state index in [9.17, 15) is 9.59 Å². The van der Waals surface area contributed by atoms with E-state index in [1.165, 1.54) is 4.90 Å². The molecule has 0 N–H and O–H groups in total. The Morgan fingerprint density at radius 2 is 2.19 bits per heavy atom. The summed E-state index contributed by atoms with van der Waals surface area (Å²) < 4.78 is 10.3. The molecule has 2 rings (SSSR count). The van der Waals surface area contributed by atoms with E-state index in [0.717, 1.165) is 0 Å². The first-order valence-electron chi connectivity index (χ1n) is 4.81. The predicted octanol–water partition coefficient (Wildman–Crippen LogP) is 0.686. The minimum Gasteiger partial charge on any atom is -0.454 e. The number of carbonyl (C=O) groups is 2. The van der Waals surface area contributed by atoms with Crippen LogP contribution >= 0.6 is 0 Å². The average molecular weight is 221 g/mol. The molecule has 1 heterocycles. The smallest absolute Gasteiger partial charge is 0.254 e. The first-order valence-corrected chi connectivity index (χ1v) is 4.81. The Balaban J connectivity index is 2.21. The van der Waals surface area contributed by atoms with Crippen LogP contribution < -0.4 is 9.47 Å². The zero-order valence-corrected chi connectivity index (χ0v) is 8.80. The van der Waals surface area contributed by atoms with E-state index in [2.05, 4.69) is 0 Å². The minimum atomic E-state index is -0.217. The number of hydrogen-bond acceptors (Lipinski definition) is 4. The lowest BCUT2D eigenvalue weighted by Crippen LogP contribution is -2.28. The molecule has 0 bridgehead atoms. The van der Waals surface area contributed by atoms with Crippen molar-refractivity contribution in [3.05, 3.63) is 23.8 Å². The van der Waals surface area contributed by atoms with Crippen molar-refractivity contribution in [3.63, 3.8) is 0 Å². The topological polar surface area (TPSA) is 55.8 Å². The summed E-state index contributed by atoms with van der Waals surface area (Å²) in [5.41, 5.74) is 0.480. The second-order valence-electron chi connectivity index (χ2n) is 3.42. The van der Waals surface area contributed by atoms with Crippen molar-refractivity contribution in [2.75, 3.05) is 20.4 Å². The molecule has 0 atom stereocenters. The number of carbonyl (C=O) groups excluding carboxylic acids is 2. The first kappa shape index (κ1) is 10.5. The number of benzene rings is 1. The fraction of sp³-hybridized carbons (Fsp3) is 0.273. The number of amides is 1. The fourth-order valence-corrected chi connectivity index (χ4v) is 1.44. The highest BCUT2D eigenvalue weighted by Gasteiger charge is 2.17. The zero-order chi connectivity index (χ0) is 11.5. The molecule has 0 fully saturated rings. The van der Waals surface area contributed by atoms with Crippen LogP contribution in [-0.4, -0.2) is 37.5 Å². The van der Waals surface area contributed by atoms with Crippen LogP contribution in [0.15, 0.2) is 18.2 Å². The molecule has 1 aliphatic heterocycles. The summed E-state index contributed by atoms with van der Waals surface area (Å²) in [6.45, 7) is 0.254. The molecule has 0 saturated carbocycles. The van der Waals surface area contributed by atoms with Crippen LogP contribution in [-0.2, 0) is 4.79 Å². The van der Waals surface area contributed by atoms with Gasteiger partial charge in [0.25, 0.3) is 5.91 Å². The van der Waals surface area contributed by atoms with Crippen LogP contribution in [0.25, 0.3) is 0 Å². The number of ether oxygens (including phenoxy) is 2. The predicted molar refractivity (Wildman–Crippen MR) is 55.6 cm³/mol. The fourth-order valence-electron chi connectivity index (χ4n) is 1.44. The van der Waals surface area contributed by atoms with Crippen LogP contribution in [0.4, 0.5) is 0 Å². The van der Waals surface area contributed by atoms with Crippen molar-refractivity contribution < 1.29 is 19.1 Å². The van der Waals surface area contributed by atoms with Crippen molar-refractivity contribution in [2.45, 2.75) is 0 Å². The number of likely N-dealkylation sites (N-methyl/N-ethyl adjacent to an activating group) is 1. The zero-order valence-electron chi connectivity index (χ0n) is 8.80. The molecule has 1 aliphatic rings. The quantitative estimate of drug-likeness (QED) is 0.704. The Bertz CT molecular complexity index is 430. The molecular weight excluding hydrogens is 210 g/mol. The molecule has 0 aliphatic carbocycles. The number of nitrogens with zero attached hydrogens (tertiary/aromatic N) is 1. The van der Waals surface area contributed by atoms with Gasteiger partial charge in [0, 0.05) is 12.6 Å². The van der Waals surface area contributed by atoms with Crippen LogP contribution in [0, 0.1) is 0 Å². The van der Waals surface area contributed by atoms with Gasteiger partial charge in [-0.1, -0.05) is 0 Å². The maximum Gasteiger partial charge on any atom is 0.254 e. The van der Waals surface area contributed by atoms with Crippen LogP contribution in [0.3, 0.4) is 0 Å². The van der Waals surface area contributed by atoms with Crippen LogP contribution in [0.2, 0.25) is 0 Å². The van der Waals surface area contributed by atoms with Gasteiger partial charge in [-0.05, 0) is 18.2 Å². The van der Waals surface area contributed by atoms with Crippen molar-refractivity contribution in [2.24, 2.45) is 0 Å². The molecule has 0 spiro atoms. The lowest BCUT2D eigenvalue weighted by atomic mass is 10.2. The van der Waals surface area contributed by atoms with Crippen molar-refractivity contribution in [1.29, 1.82) is 0 Å². The molecule has 84 valence electrons. The van der Waals surface area contributed by atoms with Crippen molar-refractivity contribution >= 4 is 12.2 Å². The van der Waals surface area contributed by atoms with Gasteiger partial charge in [0.1, 0.15) is 6.29 Å². The average Bonchev–Trinajstić information content (AvgIpc) is 2.75. The van der Waals surface area contributed by atoms with E-state index >= 15 is 0 Å². The standard InChI is InChI=1S/C11H11NO4/c1-12(4-5-13)11(14)8-2-3-9-10(6-8)16-7-15-9/h2-3,5-6H,4,7H2,1H3. The van der Waals surface area contributed by atoms with Gasteiger partial charge in [-0.3, -0.25) is 4.79 Å². The van der Waals surface area contributed by atoms with E-state index < -0.39 is 0 Å². The molecule has 5 heteroatoms. The maximum absolute atomic E-state index is 11.8. The van der Waals surface area contributed by atoms with Gasteiger partial charge in [0.15, 0.2) is 11.5 Å². The highest BCUT2D eigenvalue weighted by Crippen LogP contribution is 2.32. The summed E-state index contributed by atoms with van der Waals surface area (Å²) in [7, 11) is 1.57. The van der Waals surface area contributed by atoms with Crippen LogP contribution in [0.5, 0.6) is 11.5 Å². The van der Waals surface area contributed by atoms with E-state index in [0.29, 0.717) is 23.3 Å². The second kappa shape index (κ2) is 4.22. The van der Waals surface area contributed by atoms with Gasteiger partial charge in [0.05, 0.1) is 6.54 Å². The van der Waals surface area contributed by atoms with E-state index in [4.69, 9.17) is 9.47 Å². The Morgan fingerprint density at radius 1 is 1.44 bits per heavy atom. The molecule has 1 aromatic carbocycles. The Kier molecular flexibility index (Phi) is 2.76. The Morgan fingerprint density at radius 3 is 2.94 bits per heavy atom. The van der Waals surface area contributed by atoms with E-state index in [1.54, 1.807) is 25.2 Å². The van der Waals surface area contributed by atoms with Gasteiger partial charge in [-0.2, -0.15) is 0 Å². The lowest BCUT2D eigenvalue weighted by Gasteiger charge is -2.13. The molecule has 0 unspecified atom stereocenters. The molecule has 1 amide bonds. The van der Waals surface area contributed by atoms with Gasteiger partial charge in [-0.15, -0.1) is 0 Å². The SMILES string of the molecule is CN(CC=O)C(=O)c1ccc2c(c1)OCO2. The molecule has 5 nitrogen and oxygen atoms in total. The van der Waals surface area contributed by atoms with Crippen molar-refractivity contribution in [1.82, 2.24) is 4.90 Å². The summed E-state index contributed by atoms with van der Waals surface area (Å²) in [6, 6.07) is 4.95. The summed E-state index contributed by atoms with van der Waals surface area (Å²) in [5, 5.41) is 0. The van der Waals surface area contributed by atoms with Gasteiger partial charge >= 0.3 is 0 Å². The number of aldehydes is 1. The Labute approximate surface area is 92.6 Å². The second-order valence-corrected chi connectivity index (χ2v) is 3.42. The highest BCUT2D eigenvalue weighted by atomic mass is 16.7. The van der Waals surface area contributed by atoms with Gasteiger partial charge < -0.3 is 19.2 Å². The van der Waals surface area contributed by atoms with Crippen molar-refractivity contribution in [3.8, 4) is 11.5 Å². The minimum absolute atomic E-state index is 0.0767.